The summed E-state index contributed by atoms with van der Waals surface area (Å²) in [6.07, 6.45) is 4.73. The van der Waals surface area contributed by atoms with Gasteiger partial charge in [-0.15, -0.1) is 0 Å². The molecular weight excluding hydrogens is 464 g/mol. The van der Waals surface area contributed by atoms with Gasteiger partial charge in [-0.3, -0.25) is 19.3 Å². The average molecular weight is 489 g/mol. The summed E-state index contributed by atoms with van der Waals surface area (Å²) in [7, 11) is -3.74. The Bertz CT molecular complexity index is 1200. The zero-order chi connectivity index (χ0) is 23.4. The van der Waals surface area contributed by atoms with E-state index in [2.05, 4.69) is 15.0 Å². The number of rotatable bonds is 5. The van der Waals surface area contributed by atoms with Crippen LogP contribution in [0.25, 0.3) is 0 Å². The summed E-state index contributed by atoms with van der Waals surface area (Å²) in [4.78, 5) is 30.8. The SMILES string of the molecule is O=C(Nc1ccc(S(=O)(=O)NC2=NCCCCC2)cc1)c1ccc(Cl)c(N2CCCC2=O)c1. The Morgan fingerprint density at radius 1 is 1.00 bits per heavy atom. The minimum atomic E-state index is -3.74. The molecule has 2 aromatic carbocycles. The molecule has 8 nitrogen and oxygen atoms in total. The normalized spacial score (nSPS) is 16.8. The zero-order valence-electron chi connectivity index (χ0n) is 18.0. The highest BCUT2D eigenvalue weighted by atomic mass is 35.5. The molecule has 0 aliphatic carbocycles. The van der Waals surface area contributed by atoms with Gasteiger partial charge in [0.1, 0.15) is 5.84 Å². The van der Waals surface area contributed by atoms with Crippen LogP contribution in [0, 0.1) is 0 Å². The number of halogens is 1. The van der Waals surface area contributed by atoms with Gasteiger partial charge in [0.2, 0.25) is 5.91 Å². The summed E-state index contributed by atoms with van der Waals surface area (Å²) >= 11 is 6.25. The van der Waals surface area contributed by atoms with E-state index in [1.165, 1.54) is 24.3 Å². The number of anilines is 2. The van der Waals surface area contributed by atoms with Crippen LogP contribution in [0.5, 0.6) is 0 Å². The van der Waals surface area contributed by atoms with E-state index in [4.69, 9.17) is 11.6 Å². The van der Waals surface area contributed by atoms with Crippen LogP contribution in [-0.2, 0) is 14.8 Å². The molecule has 2 aliphatic heterocycles. The fraction of sp³-hybridized carbons (Fsp3) is 0.348. The number of nitrogens with one attached hydrogen (secondary N) is 2. The second kappa shape index (κ2) is 9.93. The number of benzene rings is 2. The Labute approximate surface area is 198 Å². The van der Waals surface area contributed by atoms with Gasteiger partial charge in [-0.05, 0) is 61.7 Å². The first kappa shape index (κ1) is 23.3. The Kier molecular flexibility index (Phi) is 6.99. The largest absolute Gasteiger partial charge is 0.322 e. The predicted molar refractivity (Wildman–Crippen MR) is 129 cm³/mol. The Hall–Kier alpha value is -2.91. The number of carbonyl (C=O) groups excluding carboxylic acids is 2. The van der Waals surface area contributed by atoms with Crippen LogP contribution in [-0.4, -0.2) is 39.2 Å². The molecule has 0 radical (unpaired) electrons. The van der Waals surface area contributed by atoms with Crippen molar-refractivity contribution in [2.75, 3.05) is 23.3 Å². The van der Waals surface area contributed by atoms with Crippen molar-refractivity contribution in [3.8, 4) is 0 Å². The molecule has 0 saturated carbocycles. The van der Waals surface area contributed by atoms with E-state index in [9.17, 15) is 18.0 Å². The maximum absolute atomic E-state index is 12.7. The van der Waals surface area contributed by atoms with Crippen LogP contribution >= 0.6 is 11.6 Å². The van der Waals surface area contributed by atoms with E-state index in [1.807, 2.05) is 0 Å². The van der Waals surface area contributed by atoms with E-state index in [1.54, 1.807) is 23.1 Å². The molecule has 1 saturated heterocycles. The van der Waals surface area contributed by atoms with Crippen molar-refractivity contribution in [2.24, 2.45) is 4.99 Å². The summed E-state index contributed by atoms with van der Waals surface area (Å²) in [5.74, 6) is 0.0793. The van der Waals surface area contributed by atoms with Crippen LogP contribution < -0.4 is 14.9 Å². The molecule has 2 amide bonds. The zero-order valence-corrected chi connectivity index (χ0v) is 19.6. The molecule has 174 valence electrons. The monoisotopic (exact) mass is 488 g/mol. The predicted octanol–water partition coefficient (Wildman–Crippen LogP) is 3.97. The van der Waals surface area contributed by atoms with Crippen molar-refractivity contribution in [3.05, 3.63) is 53.1 Å². The maximum atomic E-state index is 12.7. The third-order valence-corrected chi connectivity index (χ3v) is 7.34. The average Bonchev–Trinajstić information content (AvgIpc) is 3.05. The van der Waals surface area contributed by atoms with Crippen molar-refractivity contribution >= 4 is 50.6 Å². The highest BCUT2D eigenvalue weighted by Crippen LogP contribution is 2.30. The Balaban J connectivity index is 1.45. The molecule has 10 heteroatoms. The minimum Gasteiger partial charge on any atom is -0.322 e. The van der Waals surface area contributed by atoms with Crippen molar-refractivity contribution in [1.29, 1.82) is 0 Å². The van der Waals surface area contributed by atoms with Gasteiger partial charge in [0.25, 0.3) is 15.9 Å². The lowest BCUT2D eigenvalue weighted by Crippen LogP contribution is -2.30. The lowest BCUT2D eigenvalue weighted by Gasteiger charge is -2.18. The minimum absolute atomic E-state index is 0.0188. The third-order valence-electron chi connectivity index (χ3n) is 5.62. The number of sulfonamides is 1. The molecule has 0 atom stereocenters. The highest BCUT2D eigenvalue weighted by molar-refractivity contribution is 7.90. The Morgan fingerprint density at radius 3 is 2.52 bits per heavy atom. The summed E-state index contributed by atoms with van der Waals surface area (Å²) in [6, 6.07) is 10.7. The molecule has 0 spiro atoms. The van der Waals surface area contributed by atoms with Gasteiger partial charge in [-0.1, -0.05) is 18.0 Å². The number of amidine groups is 1. The highest BCUT2D eigenvalue weighted by Gasteiger charge is 2.24. The van der Waals surface area contributed by atoms with Gasteiger partial charge in [0.15, 0.2) is 0 Å². The summed E-state index contributed by atoms with van der Waals surface area (Å²) < 4.78 is 27.9. The summed E-state index contributed by atoms with van der Waals surface area (Å²) in [5, 5.41) is 3.16. The molecule has 0 aromatic heterocycles. The summed E-state index contributed by atoms with van der Waals surface area (Å²) in [6.45, 7) is 1.20. The van der Waals surface area contributed by atoms with Crippen LogP contribution in [0.3, 0.4) is 0 Å². The van der Waals surface area contributed by atoms with Crippen LogP contribution in [0.15, 0.2) is 52.4 Å². The number of nitrogens with zero attached hydrogens (tertiary/aromatic N) is 2. The fourth-order valence-electron chi connectivity index (χ4n) is 3.86. The van der Waals surface area contributed by atoms with Crippen LogP contribution in [0.4, 0.5) is 11.4 Å². The number of hydrogen-bond acceptors (Lipinski definition) is 5. The third kappa shape index (κ3) is 5.54. The molecule has 0 unspecified atom stereocenters. The first-order chi connectivity index (χ1) is 15.8. The molecular formula is C23H25ClN4O4S. The molecule has 0 bridgehead atoms. The van der Waals surface area contributed by atoms with Gasteiger partial charge in [-0.2, -0.15) is 0 Å². The quantitative estimate of drug-likeness (QED) is 0.663. The van der Waals surface area contributed by atoms with Gasteiger partial charge in [0.05, 0.1) is 15.6 Å². The van der Waals surface area contributed by atoms with Gasteiger partial charge in [-0.25, -0.2) is 8.42 Å². The van der Waals surface area contributed by atoms with Crippen molar-refractivity contribution in [1.82, 2.24) is 4.72 Å². The van der Waals surface area contributed by atoms with E-state index in [-0.39, 0.29) is 16.7 Å². The molecule has 2 aliphatic rings. The van der Waals surface area contributed by atoms with E-state index < -0.39 is 10.0 Å². The maximum Gasteiger partial charge on any atom is 0.262 e. The second-order valence-electron chi connectivity index (χ2n) is 8.04. The molecule has 1 fully saturated rings. The number of carbonyl (C=O) groups is 2. The Morgan fingerprint density at radius 2 is 1.79 bits per heavy atom. The standard InChI is InChI=1S/C23H25ClN4O4S/c24-19-12-7-16(15-20(19)28-14-4-6-22(28)29)23(30)26-17-8-10-18(11-9-17)33(31,32)27-21-5-2-1-3-13-25-21/h7-12,15H,1-6,13-14H2,(H,25,27)(H,26,30). The molecule has 33 heavy (non-hydrogen) atoms. The lowest BCUT2D eigenvalue weighted by atomic mass is 10.1. The smallest absolute Gasteiger partial charge is 0.262 e. The van der Waals surface area contributed by atoms with Gasteiger partial charge in [0, 0.05) is 37.2 Å². The summed E-state index contributed by atoms with van der Waals surface area (Å²) in [5.41, 5.74) is 1.30. The van der Waals surface area contributed by atoms with Crippen LogP contribution in [0.1, 0.15) is 48.9 Å². The van der Waals surface area contributed by atoms with E-state index in [0.29, 0.717) is 53.7 Å². The molecule has 2 heterocycles. The number of hydrogen-bond donors (Lipinski definition) is 2. The lowest BCUT2D eigenvalue weighted by molar-refractivity contribution is -0.117. The first-order valence-corrected chi connectivity index (χ1v) is 12.8. The van der Waals surface area contributed by atoms with Crippen LogP contribution in [0.2, 0.25) is 5.02 Å². The van der Waals surface area contributed by atoms with Crippen molar-refractivity contribution in [2.45, 2.75) is 43.4 Å². The van der Waals surface area contributed by atoms with E-state index in [0.717, 1.165) is 25.7 Å². The van der Waals surface area contributed by atoms with Crippen molar-refractivity contribution < 1.29 is 18.0 Å². The molecule has 2 N–H and O–H groups in total. The van der Waals surface area contributed by atoms with Crippen molar-refractivity contribution in [3.63, 3.8) is 0 Å². The molecule has 2 aromatic rings. The first-order valence-electron chi connectivity index (χ1n) is 10.9. The number of aliphatic imine (C=N–C) groups is 1. The van der Waals surface area contributed by atoms with Gasteiger partial charge >= 0.3 is 0 Å². The number of amides is 2. The van der Waals surface area contributed by atoms with E-state index >= 15 is 0 Å². The van der Waals surface area contributed by atoms with Gasteiger partial charge < -0.3 is 10.2 Å². The fourth-order valence-corrected chi connectivity index (χ4v) is 5.16. The molecule has 4 rings (SSSR count). The topological polar surface area (TPSA) is 108 Å². The second-order valence-corrected chi connectivity index (χ2v) is 10.1.